The van der Waals surface area contributed by atoms with Crippen LogP contribution in [0.25, 0.3) is 11.0 Å². The van der Waals surface area contributed by atoms with Crippen molar-refractivity contribution < 1.29 is 5.11 Å². The highest BCUT2D eigenvalue weighted by molar-refractivity contribution is 5.75. The van der Waals surface area contributed by atoms with Crippen LogP contribution in [0.2, 0.25) is 0 Å². The standard InChI is InChI=1S/C10H15NO.C6H6N2.C2H6/c1-4-5-10(12)9(11)7-6-8(2)3;1-2-4-6-5(3-1)7-8-6;1-2/h1,5,7-8,12H,6,11H2,2-3H3;1-4,7-8H;1-2H3/b9-7+,10-5+;;. The molecule has 0 saturated carbocycles. The van der Waals surface area contributed by atoms with Crippen molar-refractivity contribution >= 4 is 11.0 Å². The second-order valence-electron chi connectivity index (χ2n) is 4.78. The average Bonchev–Trinajstić information content (AvgIpc) is 2.49. The number of nitrogens with two attached hydrogens (primary N) is 1. The van der Waals surface area contributed by atoms with E-state index in [9.17, 15) is 0 Å². The van der Waals surface area contributed by atoms with E-state index in [1.165, 1.54) is 17.1 Å². The molecule has 1 heterocycles. The lowest BCUT2D eigenvalue weighted by atomic mass is 10.1. The first-order valence-corrected chi connectivity index (χ1v) is 7.47. The quantitative estimate of drug-likeness (QED) is 0.383. The van der Waals surface area contributed by atoms with Gasteiger partial charge in [0, 0.05) is 6.08 Å². The second kappa shape index (κ2) is 11.2. The van der Waals surface area contributed by atoms with Gasteiger partial charge in [-0.15, -0.1) is 6.42 Å². The molecular formula is C18H27N3O. The third kappa shape index (κ3) is 7.30. The molecule has 4 nitrogen and oxygen atoms in total. The topological polar surface area (TPSA) is 77.8 Å². The number of aliphatic hydroxyl groups excluding tert-OH is 1. The van der Waals surface area contributed by atoms with Crippen LogP contribution in [0.15, 0.2) is 47.9 Å². The summed E-state index contributed by atoms with van der Waals surface area (Å²) in [4.78, 5) is 0. The Kier molecular flexibility index (Phi) is 9.87. The van der Waals surface area contributed by atoms with E-state index in [1.807, 2.05) is 38.1 Å². The molecule has 0 unspecified atom stereocenters. The molecule has 0 radical (unpaired) electrons. The molecule has 0 amide bonds. The highest BCUT2D eigenvalue weighted by atomic mass is 16.3. The summed E-state index contributed by atoms with van der Waals surface area (Å²) < 4.78 is 0. The lowest BCUT2D eigenvalue weighted by Gasteiger charge is -2.01. The zero-order valence-corrected chi connectivity index (χ0v) is 13.9. The molecule has 4 heteroatoms. The number of aromatic nitrogens is 2. The molecule has 120 valence electrons. The van der Waals surface area contributed by atoms with Crippen molar-refractivity contribution in [1.29, 1.82) is 0 Å². The number of benzene rings is 1. The fraction of sp³-hybridized carbons (Fsp3) is 0.333. The van der Waals surface area contributed by atoms with E-state index in [4.69, 9.17) is 17.3 Å². The molecule has 1 aromatic heterocycles. The number of hydrogen-bond donors (Lipinski definition) is 4. The van der Waals surface area contributed by atoms with Crippen molar-refractivity contribution in [2.45, 2.75) is 34.1 Å². The maximum absolute atomic E-state index is 9.16. The second-order valence-corrected chi connectivity index (χ2v) is 4.78. The van der Waals surface area contributed by atoms with Gasteiger partial charge in [0.25, 0.3) is 0 Å². The Labute approximate surface area is 133 Å². The number of fused-ring (bicyclic) bond motifs is 1. The van der Waals surface area contributed by atoms with E-state index in [0.29, 0.717) is 11.6 Å². The Morgan fingerprint density at radius 3 is 2.09 bits per heavy atom. The number of terminal acetylenes is 1. The first kappa shape index (κ1) is 19.5. The number of rotatable bonds is 3. The maximum Gasteiger partial charge on any atom is 0.146 e. The molecule has 0 saturated heterocycles. The van der Waals surface area contributed by atoms with E-state index in [2.05, 4.69) is 30.0 Å². The van der Waals surface area contributed by atoms with E-state index in [1.54, 1.807) is 6.08 Å². The van der Waals surface area contributed by atoms with Gasteiger partial charge in [0.2, 0.25) is 0 Å². The highest BCUT2D eigenvalue weighted by Gasteiger charge is 1.96. The minimum Gasteiger partial charge on any atom is -0.505 e. The molecule has 22 heavy (non-hydrogen) atoms. The first-order valence-electron chi connectivity index (χ1n) is 7.47. The van der Waals surface area contributed by atoms with Crippen LogP contribution in [0, 0.1) is 18.3 Å². The van der Waals surface area contributed by atoms with Gasteiger partial charge in [-0.05, 0) is 24.5 Å². The summed E-state index contributed by atoms with van der Waals surface area (Å²) in [6, 6.07) is 8.08. The number of aliphatic hydroxyl groups is 1. The van der Waals surface area contributed by atoms with Gasteiger partial charge in [0.05, 0.1) is 16.7 Å². The van der Waals surface area contributed by atoms with Crippen LogP contribution >= 0.6 is 0 Å². The van der Waals surface area contributed by atoms with Crippen molar-refractivity contribution in [1.82, 2.24) is 10.2 Å². The lowest BCUT2D eigenvalue weighted by molar-refractivity contribution is 0.421. The Hall–Kier alpha value is -2.54. The number of hydrogen-bond acceptors (Lipinski definition) is 2. The van der Waals surface area contributed by atoms with Crippen molar-refractivity contribution in [3.63, 3.8) is 0 Å². The van der Waals surface area contributed by atoms with Crippen molar-refractivity contribution in [2.24, 2.45) is 11.7 Å². The van der Waals surface area contributed by atoms with E-state index in [-0.39, 0.29) is 5.76 Å². The molecule has 0 aliphatic carbocycles. The Morgan fingerprint density at radius 1 is 1.27 bits per heavy atom. The predicted octanol–water partition coefficient (Wildman–Crippen LogP) is 4.47. The van der Waals surface area contributed by atoms with Crippen LogP contribution in [0.5, 0.6) is 0 Å². The van der Waals surface area contributed by atoms with Crippen LogP contribution in [0.1, 0.15) is 34.1 Å². The lowest BCUT2D eigenvalue weighted by Crippen LogP contribution is -2.01. The summed E-state index contributed by atoms with van der Waals surface area (Å²) in [6.07, 6.45) is 8.81. The van der Waals surface area contributed by atoms with Gasteiger partial charge in [0.15, 0.2) is 0 Å². The number of nitrogens with one attached hydrogen (secondary N) is 2. The van der Waals surface area contributed by atoms with Crippen LogP contribution in [-0.2, 0) is 0 Å². The molecule has 2 rings (SSSR count). The van der Waals surface area contributed by atoms with Gasteiger partial charge in [-0.2, -0.15) is 0 Å². The van der Waals surface area contributed by atoms with Gasteiger partial charge in [-0.3, -0.25) is 10.2 Å². The van der Waals surface area contributed by atoms with Gasteiger partial charge in [0.1, 0.15) is 5.76 Å². The Morgan fingerprint density at radius 2 is 1.77 bits per heavy atom. The van der Waals surface area contributed by atoms with Gasteiger partial charge in [-0.1, -0.05) is 51.8 Å². The minimum atomic E-state index is -0.0295. The fourth-order valence-electron chi connectivity index (χ4n) is 1.40. The third-order valence-electron chi connectivity index (χ3n) is 2.58. The van der Waals surface area contributed by atoms with E-state index >= 15 is 0 Å². The summed E-state index contributed by atoms with van der Waals surface area (Å²) in [5.74, 6) is 2.70. The molecule has 2 aromatic rings. The van der Waals surface area contributed by atoms with Crippen molar-refractivity contribution in [3.05, 3.63) is 47.9 Å². The smallest absolute Gasteiger partial charge is 0.146 e. The first-order chi connectivity index (χ1) is 10.5. The summed E-state index contributed by atoms with van der Waals surface area (Å²) in [5, 5.41) is 15.0. The van der Waals surface area contributed by atoms with E-state index < -0.39 is 0 Å². The van der Waals surface area contributed by atoms with Gasteiger partial charge in [-0.25, -0.2) is 0 Å². The van der Waals surface area contributed by atoms with Gasteiger partial charge < -0.3 is 10.8 Å². The van der Waals surface area contributed by atoms with Crippen LogP contribution < -0.4 is 5.73 Å². The number of allylic oxidation sites excluding steroid dienone is 2. The zero-order chi connectivity index (χ0) is 17.0. The summed E-state index contributed by atoms with van der Waals surface area (Å²) in [5.41, 5.74) is 8.22. The summed E-state index contributed by atoms with van der Waals surface area (Å²) in [7, 11) is 0. The minimum absolute atomic E-state index is 0.0295. The van der Waals surface area contributed by atoms with Crippen LogP contribution in [0.3, 0.4) is 0 Å². The molecule has 0 aliphatic rings. The monoisotopic (exact) mass is 301 g/mol. The van der Waals surface area contributed by atoms with Crippen molar-refractivity contribution in [2.75, 3.05) is 0 Å². The highest BCUT2D eigenvalue weighted by Crippen LogP contribution is 2.07. The zero-order valence-electron chi connectivity index (χ0n) is 13.9. The fourth-order valence-corrected chi connectivity index (χ4v) is 1.40. The molecule has 5 N–H and O–H groups in total. The Bertz CT molecular complexity index is 594. The maximum atomic E-state index is 9.16. The largest absolute Gasteiger partial charge is 0.505 e. The normalized spacial score (nSPS) is 11.3. The number of aromatic amines is 2. The number of H-pyrrole nitrogens is 2. The summed E-state index contributed by atoms with van der Waals surface area (Å²) in [6.45, 7) is 8.15. The predicted molar refractivity (Wildman–Crippen MR) is 95.3 cm³/mol. The molecule has 0 bridgehead atoms. The molecular weight excluding hydrogens is 274 g/mol. The molecule has 0 atom stereocenters. The summed E-state index contributed by atoms with van der Waals surface area (Å²) >= 11 is 0. The molecule has 0 spiro atoms. The SMILES string of the molecule is C#C/C=C(O)\C(N)=C/CC(C)C.CC.c1ccc2[nH][nH]c2c1. The average molecular weight is 301 g/mol. The number of para-hydroxylation sites is 2. The van der Waals surface area contributed by atoms with Crippen LogP contribution in [0.4, 0.5) is 0 Å². The third-order valence-corrected chi connectivity index (χ3v) is 2.58. The molecule has 1 aromatic carbocycles. The van der Waals surface area contributed by atoms with Crippen molar-refractivity contribution in [3.8, 4) is 12.3 Å². The molecule has 0 fully saturated rings. The van der Waals surface area contributed by atoms with Crippen LogP contribution in [-0.4, -0.2) is 15.3 Å². The van der Waals surface area contributed by atoms with E-state index in [0.717, 1.165) is 6.42 Å². The Balaban J connectivity index is 0.000000376. The van der Waals surface area contributed by atoms with Gasteiger partial charge >= 0.3 is 0 Å². The molecule has 0 aliphatic heterocycles.